The lowest BCUT2D eigenvalue weighted by Crippen LogP contribution is -2.38. The predicted octanol–water partition coefficient (Wildman–Crippen LogP) is 2.74. The van der Waals surface area contributed by atoms with Crippen LogP contribution in [0.1, 0.15) is 30.7 Å². The molecule has 1 saturated carbocycles. The first kappa shape index (κ1) is 12.1. The third-order valence-corrected chi connectivity index (χ3v) is 4.00. The lowest BCUT2D eigenvalue weighted by atomic mass is 10.1. The van der Waals surface area contributed by atoms with E-state index in [0.717, 1.165) is 12.5 Å². The van der Waals surface area contributed by atoms with Gasteiger partial charge in [-0.1, -0.05) is 6.07 Å². The lowest BCUT2D eigenvalue weighted by molar-refractivity contribution is 0.320. The maximum Gasteiger partial charge on any atom is 0.0445 e. The van der Waals surface area contributed by atoms with E-state index in [4.69, 9.17) is 0 Å². The maximum atomic E-state index is 3.78. The van der Waals surface area contributed by atoms with Crippen LogP contribution in [0.2, 0.25) is 0 Å². The molecule has 2 atom stereocenters. The van der Waals surface area contributed by atoms with Gasteiger partial charge in [-0.25, -0.2) is 0 Å². The summed E-state index contributed by atoms with van der Waals surface area (Å²) in [6.45, 7) is 3.39. The minimum atomic E-state index is 0.558. The van der Waals surface area contributed by atoms with Gasteiger partial charge >= 0.3 is 0 Å². The highest BCUT2D eigenvalue weighted by atomic mass is 32.1. The van der Waals surface area contributed by atoms with Crippen LogP contribution >= 0.6 is 11.3 Å². The highest BCUT2D eigenvalue weighted by Gasteiger charge is 2.33. The zero-order chi connectivity index (χ0) is 11.5. The first-order chi connectivity index (χ1) is 7.66. The average Bonchev–Trinajstić information content (AvgIpc) is 2.89. The summed E-state index contributed by atoms with van der Waals surface area (Å²) in [4.78, 5) is 3.75. The van der Waals surface area contributed by atoms with E-state index < -0.39 is 0 Å². The Morgan fingerprint density at radius 2 is 2.25 bits per heavy atom. The molecule has 0 radical (unpaired) electrons. The molecule has 1 aromatic heterocycles. The van der Waals surface area contributed by atoms with Gasteiger partial charge in [-0.3, -0.25) is 0 Å². The van der Waals surface area contributed by atoms with Gasteiger partial charge in [0.2, 0.25) is 0 Å². The van der Waals surface area contributed by atoms with Crippen LogP contribution in [0.25, 0.3) is 0 Å². The van der Waals surface area contributed by atoms with E-state index in [1.807, 2.05) is 11.3 Å². The second-order valence-electron chi connectivity index (χ2n) is 5.16. The van der Waals surface area contributed by atoms with Crippen LogP contribution in [-0.2, 0) is 0 Å². The van der Waals surface area contributed by atoms with E-state index in [9.17, 15) is 0 Å². The van der Waals surface area contributed by atoms with Gasteiger partial charge in [0.05, 0.1) is 0 Å². The third-order valence-electron chi connectivity index (χ3n) is 3.05. The van der Waals surface area contributed by atoms with Crippen molar-refractivity contribution in [2.75, 3.05) is 20.6 Å². The fraction of sp³-hybridized carbons (Fsp3) is 0.692. The summed E-state index contributed by atoms with van der Waals surface area (Å²) in [5.74, 6) is 0.878. The smallest absolute Gasteiger partial charge is 0.0445 e. The molecule has 0 aliphatic heterocycles. The minimum absolute atomic E-state index is 0.558. The molecule has 2 rings (SSSR count). The van der Waals surface area contributed by atoms with Crippen molar-refractivity contribution >= 4 is 11.3 Å². The normalized spacial score (nSPS) is 20.0. The summed E-state index contributed by atoms with van der Waals surface area (Å²) >= 11 is 1.88. The fourth-order valence-electron chi connectivity index (χ4n) is 2.26. The van der Waals surface area contributed by atoms with Crippen LogP contribution < -0.4 is 5.32 Å². The number of hydrogen-bond donors (Lipinski definition) is 1. The van der Waals surface area contributed by atoms with Crippen LogP contribution in [0.15, 0.2) is 17.5 Å². The average molecular weight is 238 g/mol. The molecule has 1 N–H and O–H groups in total. The molecule has 0 saturated heterocycles. The molecule has 90 valence electrons. The third kappa shape index (κ3) is 3.30. The van der Waals surface area contributed by atoms with Gasteiger partial charge in [-0.05, 0) is 51.2 Å². The van der Waals surface area contributed by atoms with Crippen molar-refractivity contribution in [2.45, 2.75) is 31.8 Å². The topological polar surface area (TPSA) is 15.3 Å². The summed E-state index contributed by atoms with van der Waals surface area (Å²) in [6, 6.07) is 5.58. The Bertz CT molecular complexity index is 304. The van der Waals surface area contributed by atoms with Crippen LogP contribution in [-0.4, -0.2) is 31.6 Å². The number of thiophene rings is 1. The van der Waals surface area contributed by atoms with E-state index in [-0.39, 0.29) is 0 Å². The molecule has 3 heteroatoms. The van der Waals surface area contributed by atoms with Gasteiger partial charge in [0.1, 0.15) is 0 Å². The Hall–Kier alpha value is -0.380. The number of likely N-dealkylation sites (N-methyl/N-ethyl adjacent to an activating group) is 1. The Balaban J connectivity index is 1.93. The van der Waals surface area contributed by atoms with E-state index in [1.165, 1.54) is 17.7 Å². The van der Waals surface area contributed by atoms with Crippen LogP contribution in [0.5, 0.6) is 0 Å². The highest BCUT2D eigenvalue weighted by molar-refractivity contribution is 7.10. The van der Waals surface area contributed by atoms with Crippen molar-refractivity contribution in [1.82, 2.24) is 10.2 Å². The molecule has 1 aliphatic carbocycles. The van der Waals surface area contributed by atoms with Crippen molar-refractivity contribution in [2.24, 2.45) is 5.92 Å². The highest BCUT2D eigenvalue weighted by Crippen LogP contribution is 2.42. The van der Waals surface area contributed by atoms with Crippen molar-refractivity contribution in [3.63, 3.8) is 0 Å². The largest absolute Gasteiger partial charge is 0.308 e. The van der Waals surface area contributed by atoms with Crippen LogP contribution in [0.4, 0.5) is 0 Å². The van der Waals surface area contributed by atoms with E-state index in [0.29, 0.717) is 12.1 Å². The quantitative estimate of drug-likeness (QED) is 0.820. The zero-order valence-corrected chi connectivity index (χ0v) is 11.3. The number of hydrogen-bond acceptors (Lipinski definition) is 3. The van der Waals surface area contributed by atoms with E-state index >= 15 is 0 Å². The maximum absolute atomic E-state index is 3.78. The standard InChI is InChI=1S/C13H22N2S/c1-10(9-15(2)3)14-13(11-6-7-11)12-5-4-8-16-12/h4-5,8,10-11,13-14H,6-7,9H2,1-3H3. The molecule has 0 amide bonds. The molecule has 1 aliphatic rings. The number of nitrogens with zero attached hydrogens (tertiary/aromatic N) is 1. The fourth-order valence-corrected chi connectivity index (χ4v) is 3.13. The second kappa shape index (κ2) is 5.30. The Kier molecular flexibility index (Phi) is 4.00. The van der Waals surface area contributed by atoms with Gasteiger partial charge in [-0.2, -0.15) is 0 Å². The Labute approximate surface area is 103 Å². The van der Waals surface area contributed by atoms with Crippen molar-refractivity contribution in [3.05, 3.63) is 22.4 Å². The van der Waals surface area contributed by atoms with Crippen molar-refractivity contribution in [3.8, 4) is 0 Å². The van der Waals surface area contributed by atoms with Crippen molar-refractivity contribution < 1.29 is 0 Å². The lowest BCUT2D eigenvalue weighted by Gasteiger charge is -2.24. The van der Waals surface area contributed by atoms with Gasteiger partial charge in [0.25, 0.3) is 0 Å². The Morgan fingerprint density at radius 3 is 2.75 bits per heavy atom. The molecule has 16 heavy (non-hydrogen) atoms. The first-order valence-electron chi connectivity index (χ1n) is 6.11. The zero-order valence-electron chi connectivity index (χ0n) is 10.4. The summed E-state index contributed by atoms with van der Waals surface area (Å²) < 4.78 is 0. The molecule has 2 nitrogen and oxygen atoms in total. The molecular formula is C13H22N2S. The van der Waals surface area contributed by atoms with Gasteiger partial charge in [-0.15, -0.1) is 11.3 Å². The molecule has 1 fully saturated rings. The molecule has 2 unspecified atom stereocenters. The summed E-state index contributed by atoms with van der Waals surface area (Å²) in [5.41, 5.74) is 0. The van der Waals surface area contributed by atoms with Gasteiger partial charge in [0.15, 0.2) is 0 Å². The molecule has 1 heterocycles. The first-order valence-corrected chi connectivity index (χ1v) is 6.99. The number of nitrogens with one attached hydrogen (secondary N) is 1. The second-order valence-corrected chi connectivity index (χ2v) is 6.14. The summed E-state index contributed by atoms with van der Waals surface area (Å²) in [6.07, 6.45) is 2.79. The van der Waals surface area contributed by atoms with Gasteiger partial charge in [0, 0.05) is 23.5 Å². The molecule has 0 aromatic carbocycles. The van der Waals surface area contributed by atoms with Crippen LogP contribution in [0.3, 0.4) is 0 Å². The molecular weight excluding hydrogens is 216 g/mol. The SMILES string of the molecule is CC(CN(C)C)NC(c1cccs1)C1CC1. The summed E-state index contributed by atoms with van der Waals surface area (Å²) in [5, 5.41) is 5.96. The van der Waals surface area contributed by atoms with E-state index in [2.05, 4.69) is 48.7 Å². The predicted molar refractivity (Wildman–Crippen MR) is 70.9 cm³/mol. The van der Waals surface area contributed by atoms with E-state index in [1.54, 1.807) is 0 Å². The molecule has 0 spiro atoms. The monoisotopic (exact) mass is 238 g/mol. The number of rotatable bonds is 6. The molecule has 1 aromatic rings. The molecule has 0 bridgehead atoms. The van der Waals surface area contributed by atoms with Crippen molar-refractivity contribution in [1.29, 1.82) is 0 Å². The minimum Gasteiger partial charge on any atom is -0.308 e. The Morgan fingerprint density at radius 1 is 1.50 bits per heavy atom. The summed E-state index contributed by atoms with van der Waals surface area (Å²) in [7, 11) is 4.27. The van der Waals surface area contributed by atoms with Crippen LogP contribution in [0, 0.1) is 5.92 Å². The van der Waals surface area contributed by atoms with Gasteiger partial charge < -0.3 is 10.2 Å².